The van der Waals surface area contributed by atoms with Crippen LogP contribution in [0.15, 0.2) is 23.4 Å². The topological polar surface area (TPSA) is 102 Å². The van der Waals surface area contributed by atoms with Crippen molar-refractivity contribution in [2.24, 2.45) is 17.8 Å². The highest BCUT2D eigenvalue weighted by Crippen LogP contribution is 2.56. The maximum atomic E-state index is 13.3. The summed E-state index contributed by atoms with van der Waals surface area (Å²) in [5, 5.41) is 11.9. The minimum atomic E-state index is -1.81. The van der Waals surface area contributed by atoms with E-state index in [1.165, 1.54) is 6.08 Å². The molecule has 30 heavy (non-hydrogen) atoms. The van der Waals surface area contributed by atoms with E-state index in [1.54, 1.807) is 24.8 Å². The molecule has 0 bridgehead atoms. The van der Waals surface area contributed by atoms with Gasteiger partial charge in [0.15, 0.2) is 0 Å². The van der Waals surface area contributed by atoms with Crippen LogP contribution in [0.2, 0.25) is 0 Å². The number of ether oxygens (including phenoxy) is 3. The second kappa shape index (κ2) is 6.40. The summed E-state index contributed by atoms with van der Waals surface area (Å²) in [4.78, 5) is 39.1. The van der Waals surface area contributed by atoms with E-state index in [0.29, 0.717) is 43.5 Å². The second-order valence-electron chi connectivity index (χ2n) is 9.15. The molecule has 5 heterocycles. The summed E-state index contributed by atoms with van der Waals surface area (Å²) >= 11 is 0. The molecule has 3 fully saturated rings. The van der Waals surface area contributed by atoms with Crippen LogP contribution in [0.1, 0.15) is 46.5 Å². The van der Waals surface area contributed by atoms with Crippen LogP contribution in [0, 0.1) is 17.8 Å². The van der Waals surface area contributed by atoms with E-state index in [1.807, 2.05) is 6.92 Å². The third kappa shape index (κ3) is 2.43. The number of esters is 2. The average molecular weight is 417 g/mol. The Morgan fingerprint density at radius 2 is 2.07 bits per heavy atom. The quantitative estimate of drug-likeness (QED) is 0.674. The monoisotopic (exact) mass is 417 g/mol. The van der Waals surface area contributed by atoms with Gasteiger partial charge in [-0.1, -0.05) is 13.8 Å². The van der Waals surface area contributed by atoms with Gasteiger partial charge in [0.05, 0.1) is 23.6 Å². The molecular weight excluding hydrogens is 390 g/mol. The third-order valence-corrected chi connectivity index (χ3v) is 7.38. The van der Waals surface area contributed by atoms with Crippen LogP contribution in [-0.4, -0.2) is 58.0 Å². The van der Waals surface area contributed by atoms with Crippen LogP contribution in [-0.2, 0) is 28.6 Å². The summed E-state index contributed by atoms with van der Waals surface area (Å²) in [5.74, 6) is -3.59. The van der Waals surface area contributed by atoms with Gasteiger partial charge in [-0.15, -0.1) is 0 Å². The molecule has 7 unspecified atom stereocenters. The third-order valence-electron chi connectivity index (χ3n) is 7.38. The highest BCUT2D eigenvalue weighted by molar-refractivity contribution is 6.00. The number of hydrogen-bond donors (Lipinski definition) is 1. The second-order valence-corrected chi connectivity index (χ2v) is 9.15. The molecule has 0 aromatic heterocycles. The van der Waals surface area contributed by atoms with E-state index in [4.69, 9.17) is 14.2 Å². The molecule has 8 nitrogen and oxygen atoms in total. The molecule has 0 aliphatic carbocycles. The smallest absolute Gasteiger partial charge is 0.336 e. The van der Waals surface area contributed by atoms with E-state index in [9.17, 15) is 19.5 Å². The largest absolute Gasteiger partial charge is 0.456 e. The van der Waals surface area contributed by atoms with E-state index in [0.717, 1.165) is 0 Å². The first-order chi connectivity index (χ1) is 14.2. The minimum absolute atomic E-state index is 0.244. The lowest BCUT2D eigenvalue weighted by molar-refractivity contribution is -0.204. The summed E-state index contributed by atoms with van der Waals surface area (Å²) in [6.45, 7) is 5.89. The first-order valence-corrected chi connectivity index (χ1v) is 10.8. The minimum Gasteiger partial charge on any atom is -0.456 e. The van der Waals surface area contributed by atoms with Gasteiger partial charge >= 0.3 is 11.9 Å². The molecule has 162 valence electrons. The zero-order valence-electron chi connectivity index (χ0n) is 17.4. The summed E-state index contributed by atoms with van der Waals surface area (Å²) in [6, 6.07) is 0. The van der Waals surface area contributed by atoms with Crippen LogP contribution in [0.25, 0.3) is 0 Å². The Bertz CT molecular complexity index is 894. The normalized spacial score (nSPS) is 45.1. The first kappa shape index (κ1) is 19.8. The van der Waals surface area contributed by atoms with Crippen molar-refractivity contribution in [3.8, 4) is 0 Å². The molecule has 0 amide bonds. The molecule has 0 saturated carbocycles. The Kier molecular flexibility index (Phi) is 4.22. The van der Waals surface area contributed by atoms with Gasteiger partial charge in [-0.2, -0.15) is 0 Å². The Labute approximate surface area is 174 Å². The molecule has 0 radical (unpaired) electrons. The summed E-state index contributed by atoms with van der Waals surface area (Å²) < 4.78 is 17.5. The van der Waals surface area contributed by atoms with Gasteiger partial charge in [0.1, 0.15) is 6.10 Å². The summed E-state index contributed by atoms with van der Waals surface area (Å²) in [5.41, 5.74) is -0.778. The van der Waals surface area contributed by atoms with Gasteiger partial charge in [-0.3, -0.25) is 9.59 Å². The van der Waals surface area contributed by atoms with Gasteiger partial charge in [-0.05, 0) is 32.3 Å². The molecule has 5 aliphatic rings. The van der Waals surface area contributed by atoms with Gasteiger partial charge in [0.25, 0.3) is 0 Å². The zero-order chi connectivity index (χ0) is 21.4. The fraction of sp³-hybridized carbons (Fsp3) is 0.682. The van der Waals surface area contributed by atoms with E-state index >= 15 is 0 Å². The summed E-state index contributed by atoms with van der Waals surface area (Å²) in [7, 11) is 0. The number of hydrogen-bond acceptors (Lipinski definition) is 8. The maximum Gasteiger partial charge on any atom is 0.336 e. The standard InChI is InChI=1S/C22H27NO7/c1-4-13-18-15(29-21(13)10-12(3)20(26)30-21)6-5-7-23-14(9-17(24)22(18,23)27)16-8-11(2)19(25)28-16/h9-11,13,15-16,18,27H,4-8H2,1-3H3. The van der Waals surface area contributed by atoms with Crippen molar-refractivity contribution < 1.29 is 33.7 Å². The van der Waals surface area contributed by atoms with Crippen LogP contribution >= 0.6 is 0 Å². The lowest BCUT2D eigenvalue weighted by atomic mass is 9.75. The average Bonchev–Trinajstić information content (AvgIpc) is 3.32. The first-order valence-electron chi connectivity index (χ1n) is 10.8. The predicted molar refractivity (Wildman–Crippen MR) is 102 cm³/mol. The molecule has 8 heteroatoms. The molecule has 5 rings (SSSR count). The molecular formula is C22H27NO7. The number of aliphatic hydroxyl groups is 1. The Morgan fingerprint density at radius 3 is 2.67 bits per heavy atom. The number of carbonyl (C=O) groups is 3. The number of carbonyl (C=O) groups excluding carboxylic acids is 3. The lowest BCUT2D eigenvalue weighted by Crippen LogP contribution is -2.59. The van der Waals surface area contributed by atoms with Crippen LogP contribution in [0.4, 0.5) is 0 Å². The van der Waals surface area contributed by atoms with Gasteiger partial charge in [0.2, 0.25) is 17.3 Å². The van der Waals surface area contributed by atoms with Crippen molar-refractivity contribution in [3.05, 3.63) is 23.4 Å². The zero-order valence-corrected chi connectivity index (χ0v) is 17.4. The van der Waals surface area contributed by atoms with Gasteiger partial charge < -0.3 is 24.2 Å². The number of nitrogens with zero attached hydrogens (tertiary/aromatic N) is 1. The van der Waals surface area contributed by atoms with Crippen molar-refractivity contribution in [3.63, 3.8) is 0 Å². The Morgan fingerprint density at radius 1 is 1.30 bits per heavy atom. The molecule has 5 aliphatic heterocycles. The van der Waals surface area contributed by atoms with Crippen LogP contribution in [0.3, 0.4) is 0 Å². The SMILES string of the molecule is CCC1C2C(CCCN3C(C4CC(C)C(=O)O4)=CC(=O)C23O)OC12C=C(C)C(=O)O2. The van der Waals surface area contributed by atoms with Crippen molar-refractivity contribution >= 4 is 17.7 Å². The molecule has 3 saturated heterocycles. The van der Waals surface area contributed by atoms with Crippen LogP contribution < -0.4 is 0 Å². The molecule has 1 N–H and O–H groups in total. The van der Waals surface area contributed by atoms with Gasteiger partial charge in [-0.25, -0.2) is 4.79 Å². The van der Waals surface area contributed by atoms with Crippen molar-refractivity contribution in [2.75, 3.05) is 6.54 Å². The number of rotatable bonds is 2. The fourth-order valence-corrected chi connectivity index (χ4v) is 5.99. The molecule has 0 aromatic rings. The van der Waals surface area contributed by atoms with Crippen molar-refractivity contribution in [1.29, 1.82) is 0 Å². The molecule has 1 spiro atoms. The summed E-state index contributed by atoms with van der Waals surface area (Å²) in [6.07, 6.45) is 4.52. The molecule has 7 atom stereocenters. The van der Waals surface area contributed by atoms with E-state index in [-0.39, 0.29) is 17.8 Å². The molecule has 0 aromatic carbocycles. The number of ketones is 1. The highest BCUT2D eigenvalue weighted by atomic mass is 16.7. The van der Waals surface area contributed by atoms with E-state index < -0.39 is 41.4 Å². The highest BCUT2D eigenvalue weighted by Gasteiger charge is 2.69. The van der Waals surface area contributed by atoms with E-state index in [2.05, 4.69) is 0 Å². The van der Waals surface area contributed by atoms with Crippen LogP contribution in [0.5, 0.6) is 0 Å². The number of fused-ring (bicyclic) bond motifs is 3. The maximum absolute atomic E-state index is 13.3. The van der Waals surface area contributed by atoms with Crippen molar-refractivity contribution in [1.82, 2.24) is 4.90 Å². The Hall–Kier alpha value is -2.19. The number of cyclic esters (lactones) is 1. The van der Waals surface area contributed by atoms with Crippen molar-refractivity contribution in [2.45, 2.75) is 70.2 Å². The van der Waals surface area contributed by atoms with Gasteiger partial charge in [0, 0.05) is 30.5 Å². The lowest BCUT2D eigenvalue weighted by Gasteiger charge is -2.42. The fourth-order valence-electron chi connectivity index (χ4n) is 5.99. The Balaban J connectivity index is 1.54. The predicted octanol–water partition coefficient (Wildman–Crippen LogP) is 1.43.